The number of nitrogens with one attached hydrogen (secondary N) is 2. The van der Waals surface area contributed by atoms with Crippen LogP contribution in [0.5, 0.6) is 0 Å². The monoisotopic (exact) mass is 430 g/mol. The number of carbonyl (C=O) groups is 1. The molecule has 2 aromatic heterocycles. The van der Waals surface area contributed by atoms with Crippen LogP contribution in [0.15, 0.2) is 30.6 Å². The number of halogens is 1. The van der Waals surface area contributed by atoms with Crippen molar-refractivity contribution in [3.63, 3.8) is 0 Å². The van der Waals surface area contributed by atoms with Gasteiger partial charge in [-0.3, -0.25) is 4.79 Å². The van der Waals surface area contributed by atoms with Crippen molar-refractivity contribution in [2.24, 2.45) is 0 Å². The Morgan fingerprint density at radius 2 is 2.14 bits per heavy atom. The highest BCUT2D eigenvalue weighted by molar-refractivity contribution is 7.20. The van der Waals surface area contributed by atoms with E-state index < -0.39 is 0 Å². The van der Waals surface area contributed by atoms with Crippen molar-refractivity contribution < 1.29 is 9.53 Å². The molecule has 1 aliphatic heterocycles. The first kappa shape index (κ1) is 20.1. The molecule has 1 aromatic carbocycles. The smallest absolute Gasteiger partial charge is 0.261 e. The number of amides is 1. The number of carbonyl (C=O) groups excluding carboxylic acids is 1. The highest BCUT2D eigenvalue weighted by Gasteiger charge is 2.20. The van der Waals surface area contributed by atoms with Crippen LogP contribution < -0.4 is 10.6 Å². The number of nitrogens with zero attached hydrogens (tertiary/aromatic N) is 2. The summed E-state index contributed by atoms with van der Waals surface area (Å²) in [5, 5.41) is 8.02. The molecule has 1 aliphatic rings. The Hall–Kier alpha value is -2.22. The molecule has 29 heavy (non-hydrogen) atoms. The second kappa shape index (κ2) is 9.07. The van der Waals surface area contributed by atoms with Crippen LogP contribution in [0.25, 0.3) is 10.2 Å². The van der Waals surface area contributed by atoms with Crippen LogP contribution in [0.3, 0.4) is 0 Å². The first-order valence-electron chi connectivity index (χ1n) is 9.74. The fraction of sp³-hybridized carbons (Fsp3) is 0.381. The number of thiophene rings is 1. The minimum atomic E-state index is -0.0791. The van der Waals surface area contributed by atoms with Gasteiger partial charge in [0, 0.05) is 24.7 Å². The van der Waals surface area contributed by atoms with Gasteiger partial charge in [-0.2, -0.15) is 0 Å². The van der Waals surface area contributed by atoms with Gasteiger partial charge < -0.3 is 15.4 Å². The molecule has 4 rings (SSSR count). The Morgan fingerprint density at radius 3 is 2.90 bits per heavy atom. The largest absolute Gasteiger partial charge is 0.376 e. The van der Waals surface area contributed by atoms with Gasteiger partial charge in [0.25, 0.3) is 5.91 Å². The molecule has 1 saturated heterocycles. The van der Waals surface area contributed by atoms with E-state index in [0.29, 0.717) is 23.0 Å². The van der Waals surface area contributed by atoms with E-state index in [0.717, 1.165) is 53.0 Å². The number of hydrogen-bond donors (Lipinski definition) is 2. The van der Waals surface area contributed by atoms with Crippen molar-refractivity contribution in [2.75, 3.05) is 25.0 Å². The van der Waals surface area contributed by atoms with Crippen molar-refractivity contribution in [3.05, 3.63) is 51.6 Å². The predicted molar refractivity (Wildman–Crippen MR) is 117 cm³/mol. The fourth-order valence-corrected chi connectivity index (χ4v) is 4.68. The summed E-state index contributed by atoms with van der Waals surface area (Å²) in [7, 11) is 0. The summed E-state index contributed by atoms with van der Waals surface area (Å²) >= 11 is 7.31. The van der Waals surface area contributed by atoms with Crippen LogP contribution in [-0.2, 0) is 11.2 Å². The molecule has 152 valence electrons. The van der Waals surface area contributed by atoms with E-state index in [1.807, 2.05) is 31.2 Å². The molecule has 3 aromatic rings. The molecule has 0 saturated carbocycles. The minimum absolute atomic E-state index is 0.0791. The van der Waals surface area contributed by atoms with Gasteiger partial charge in [-0.15, -0.1) is 11.3 Å². The highest BCUT2D eigenvalue weighted by atomic mass is 35.5. The third-order valence-electron chi connectivity index (χ3n) is 5.07. The Bertz CT molecular complexity index is 1000. The maximum absolute atomic E-state index is 12.7. The van der Waals surface area contributed by atoms with Crippen LogP contribution in [0, 0.1) is 6.92 Å². The lowest BCUT2D eigenvalue weighted by Gasteiger charge is -2.12. The second-order valence-corrected chi connectivity index (χ2v) is 8.54. The van der Waals surface area contributed by atoms with Gasteiger partial charge in [0.1, 0.15) is 17.0 Å². The van der Waals surface area contributed by atoms with E-state index in [2.05, 4.69) is 20.6 Å². The van der Waals surface area contributed by atoms with Gasteiger partial charge in [-0.25, -0.2) is 9.97 Å². The van der Waals surface area contributed by atoms with Gasteiger partial charge in [-0.05, 0) is 49.4 Å². The maximum Gasteiger partial charge on any atom is 0.261 e. The lowest BCUT2D eigenvalue weighted by molar-refractivity contribution is 0.0957. The molecule has 6 nitrogen and oxygen atoms in total. The molecular weight excluding hydrogens is 408 g/mol. The first-order chi connectivity index (χ1) is 14.1. The van der Waals surface area contributed by atoms with Crippen LogP contribution in [0.1, 0.15) is 33.6 Å². The standard InChI is InChI=1S/C21H23ClN4O2S/c1-13-17-19(24-11-16-3-2-10-28-16)25-12-26-21(17)29-18(13)20(27)23-9-8-14-4-6-15(22)7-5-14/h4-7,12,16H,2-3,8-11H2,1H3,(H,23,27)(H,24,25,26)/t16-/m1/s1. The molecule has 1 amide bonds. The summed E-state index contributed by atoms with van der Waals surface area (Å²) in [6.45, 7) is 4.05. The lowest BCUT2D eigenvalue weighted by atomic mass is 10.1. The molecule has 1 fully saturated rings. The fourth-order valence-electron chi connectivity index (χ4n) is 3.49. The summed E-state index contributed by atoms with van der Waals surface area (Å²) < 4.78 is 5.67. The van der Waals surface area contributed by atoms with E-state index in [9.17, 15) is 4.79 Å². The number of hydrogen-bond acceptors (Lipinski definition) is 6. The summed E-state index contributed by atoms with van der Waals surface area (Å²) in [5.74, 6) is 0.684. The number of fused-ring (bicyclic) bond motifs is 1. The van der Waals surface area contributed by atoms with Gasteiger partial charge in [0.05, 0.1) is 16.4 Å². The Labute approximate surface area is 178 Å². The number of aryl methyl sites for hydroxylation is 1. The number of benzene rings is 1. The molecule has 0 spiro atoms. The molecule has 3 heterocycles. The zero-order valence-electron chi connectivity index (χ0n) is 16.2. The van der Waals surface area contributed by atoms with Gasteiger partial charge in [-0.1, -0.05) is 23.7 Å². The minimum Gasteiger partial charge on any atom is -0.376 e. The van der Waals surface area contributed by atoms with Crippen molar-refractivity contribution >= 4 is 44.9 Å². The zero-order chi connectivity index (χ0) is 20.2. The van der Waals surface area contributed by atoms with Gasteiger partial charge >= 0.3 is 0 Å². The summed E-state index contributed by atoms with van der Waals surface area (Å²) in [4.78, 5) is 23.0. The Morgan fingerprint density at radius 1 is 1.31 bits per heavy atom. The molecular formula is C21H23ClN4O2S. The molecule has 0 radical (unpaired) electrons. The first-order valence-corrected chi connectivity index (χ1v) is 10.9. The van der Waals surface area contributed by atoms with E-state index >= 15 is 0 Å². The zero-order valence-corrected chi connectivity index (χ0v) is 17.8. The average Bonchev–Trinajstić information content (AvgIpc) is 3.36. The Kier molecular flexibility index (Phi) is 6.28. The van der Waals surface area contributed by atoms with Crippen molar-refractivity contribution in [1.29, 1.82) is 0 Å². The number of anilines is 1. The molecule has 2 N–H and O–H groups in total. The van der Waals surface area contributed by atoms with Crippen LogP contribution in [-0.4, -0.2) is 41.7 Å². The topological polar surface area (TPSA) is 76.1 Å². The highest BCUT2D eigenvalue weighted by Crippen LogP contribution is 2.33. The van der Waals surface area contributed by atoms with Crippen molar-refractivity contribution in [1.82, 2.24) is 15.3 Å². The van der Waals surface area contributed by atoms with Gasteiger partial charge in [0.2, 0.25) is 0 Å². The van der Waals surface area contributed by atoms with Gasteiger partial charge in [0.15, 0.2) is 0 Å². The van der Waals surface area contributed by atoms with E-state index in [4.69, 9.17) is 16.3 Å². The maximum atomic E-state index is 12.7. The van der Waals surface area contributed by atoms with Crippen molar-refractivity contribution in [2.45, 2.75) is 32.3 Å². The SMILES string of the molecule is Cc1c(C(=O)NCCc2ccc(Cl)cc2)sc2ncnc(NC[C@H]3CCCO3)c12. The molecule has 0 aliphatic carbocycles. The van der Waals surface area contributed by atoms with Crippen LogP contribution >= 0.6 is 22.9 Å². The molecule has 0 unspecified atom stereocenters. The number of rotatable bonds is 7. The van der Waals surface area contributed by atoms with E-state index in [-0.39, 0.29) is 12.0 Å². The number of aromatic nitrogens is 2. The lowest BCUT2D eigenvalue weighted by Crippen LogP contribution is -2.25. The third-order valence-corrected chi connectivity index (χ3v) is 6.52. The van der Waals surface area contributed by atoms with Crippen LogP contribution in [0.4, 0.5) is 5.82 Å². The molecule has 0 bridgehead atoms. The Balaban J connectivity index is 1.44. The second-order valence-electron chi connectivity index (χ2n) is 7.11. The van der Waals surface area contributed by atoms with E-state index in [1.54, 1.807) is 6.33 Å². The summed E-state index contributed by atoms with van der Waals surface area (Å²) in [6.07, 6.45) is 4.67. The number of ether oxygens (including phenoxy) is 1. The normalized spacial score (nSPS) is 16.3. The predicted octanol–water partition coefficient (Wildman–Crippen LogP) is 4.22. The molecule has 8 heteroatoms. The average molecular weight is 431 g/mol. The summed E-state index contributed by atoms with van der Waals surface area (Å²) in [5.41, 5.74) is 2.04. The third kappa shape index (κ3) is 4.69. The van der Waals surface area contributed by atoms with Crippen molar-refractivity contribution in [3.8, 4) is 0 Å². The van der Waals surface area contributed by atoms with E-state index in [1.165, 1.54) is 11.3 Å². The molecule has 1 atom stereocenters. The quantitative estimate of drug-likeness (QED) is 0.587. The summed E-state index contributed by atoms with van der Waals surface area (Å²) in [6, 6.07) is 7.67. The van der Waals surface area contributed by atoms with Crippen LogP contribution in [0.2, 0.25) is 5.02 Å².